The highest BCUT2D eigenvalue weighted by molar-refractivity contribution is 5.79. The number of amides is 1. The summed E-state index contributed by atoms with van der Waals surface area (Å²) in [5.41, 5.74) is 2.43. The molecular weight excluding hydrogens is 190 g/mol. The van der Waals surface area contributed by atoms with Gasteiger partial charge in [0.15, 0.2) is 0 Å². The molecule has 0 spiro atoms. The van der Waals surface area contributed by atoms with Crippen molar-refractivity contribution in [2.45, 2.75) is 25.3 Å². The monoisotopic (exact) mass is 203 g/mol. The normalized spacial score (nSPS) is 23.9. The van der Waals surface area contributed by atoms with Crippen molar-refractivity contribution in [2.24, 2.45) is 0 Å². The molecule has 1 amide bonds. The predicted octanol–water partition coefficient (Wildman–Crippen LogP) is 1.61. The summed E-state index contributed by atoms with van der Waals surface area (Å²) in [4.78, 5) is 13.5. The second-order valence-corrected chi connectivity index (χ2v) is 4.27. The molecule has 2 heterocycles. The summed E-state index contributed by atoms with van der Waals surface area (Å²) in [6.07, 6.45) is 2.47. The topological polar surface area (TPSA) is 40.5 Å². The van der Waals surface area contributed by atoms with Crippen LogP contribution in [0.1, 0.15) is 30.0 Å². The Balaban J connectivity index is 2.06. The molecule has 3 nitrogen and oxygen atoms in total. The highest BCUT2D eigenvalue weighted by Gasteiger charge is 2.35. The SMILES string of the molecule is O=C1CCC2c3ccc(O)cc3CCN12. The Morgan fingerprint density at radius 1 is 1.33 bits per heavy atom. The predicted molar refractivity (Wildman–Crippen MR) is 55.5 cm³/mol. The molecule has 1 unspecified atom stereocenters. The van der Waals surface area contributed by atoms with Gasteiger partial charge in [0, 0.05) is 13.0 Å². The van der Waals surface area contributed by atoms with E-state index in [4.69, 9.17) is 0 Å². The largest absolute Gasteiger partial charge is 0.508 e. The van der Waals surface area contributed by atoms with E-state index in [-0.39, 0.29) is 11.9 Å². The van der Waals surface area contributed by atoms with E-state index in [1.807, 2.05) is 17.0 Å². The van der Waals surface area contributed by atoms with E-state index in [1.54, 1.807) is 6.07 Å². The van der Waals surface area contributed by atoms with Crippen molar-refractivity contribution in [3.8, 4) is 5.75 Å². The van der Waals surface area contributed by atoms with Gasteiger partial charge in [-0.1, -0.05) is 6.07 Å². The molecule has 1 saturated heterocycles. The molecule has 1 aromatic carbocycles. The minimum Gasteiger partial charge on any atom is -0.508 e. The number of hydrogen-bond acceptors (Lipinski definition) is 2. The number of benzene rings is 1. The van der Waals surface area contributed by atoms with Crippen LogP contribution in [0.3, 0.4) is 0 Å². The molecule has 2 aliphatic rings. The maximum absolute atomic E-state index is 11.6. The molecule has 1 N–H and O–H groups in total. The van der Waals surface area contributed by atoms with Crippen molar-refractivity contribution in [1.29, 1.82) is 0 Å². The van der Waals surface area contributed by atoms with Crippen LogP contribution in [0.5, 0.6) is 5.75 Å². The Morgan fingerprint density at radius 3 is 3.07 bits per heavy atom. The lowest BCUT2D eigenvalue weighted by Gasteiger charge is -2.32. The highest BCUT2D eigenvalue weighted by Crippen LogP contribution is 2.38. The average molecular weight is 203 g/mol. The summed E-state index contributed by atoms with van der Waals surface area (Å²) in [5, 5.41) is 9.40. The first-order chi connectivity index (χ1) is 7.25. The zero-order valence-corrected chi connectivity index (χ0v) is 8.44. The van der Waals surface area contributed by atoms with Crippen LogP contribution in [-0.4, -0.2) is 22.5 Å². The molecular formula is C12H13NO2. The van der Waals surface area contributed by atoms with Crippen molar-refractivity contribution >= 4 is 5.91 Å². The van der Waals surface area contributed by atoms with E-state index < -0.39 is 0 Å². The molecule has 15 heavy (non-hydrogen) atoms. The lowest BCUT2D eigenvalue weighted by molar-refractivity contribution is -0.129. The van der Waals surface area contributed by atoms with Gasteiger partial charge in [0.2, 0.25) is 5.91 Å². The molecule has 2 aliphatic heterocycles. The van der Waals surface area contributed by atoms with E-state index in [1.165, 1.54) is 11.1 Å². The van der Waals surface area contributed by atoms with Gasteiger partial charge in [-0.3, -0.25) is 4.79 Å². The summed E-state index contributed by atoms with van der Waals surface area (Å²) in [6.45, 7) is 0.806. The quantitative estimate of drug-likeness (QED) is 0.696. The highest BCUT2D eigenvalue weighted by atomic mass is 16.3. The zero-order valence-electron chi connectivity index (χ0n) is 8.44. The standard InChI is InChI=1S/C12H13NO2/c14-9-1-2-10-8(7-9)5-6-13-11(10)3-4-12(13)15/h1-2,7,11,14H,3-6H2. The number of rotatable bonds is 0. The Labute approximate surface area is 88.3 Å². The number of aromatic hydroxyl groups is 1. The number of hydrogen-bond donors (Lipinski definition) is 1. The van der Waals surface area contributed by atoms with Crippen LogP contribution in [0.2, 0.25) is 0 Å². The first kappa shape index (κ1) is 8.77. The van der Waals surface area contributed by atoms with E-state index in [0.29, 0.717) is 12.2 Å². The Morgan fingerprint density at radius 2 is 2.20 bits per heavy atom. The molecule has 0 aliphatic carbocycles. The number of nitrogens with zero attached hydrogens (tertiary/aromatic N) is 1. The Kier molecular flexibility index (Phi) is 1.75. The van der Waals surface area contributed by atoms with E-state index in [2.05, 4.69) is 0 Å². The van der Waals surface area contributed by atoms with Crippen LogP contribution < -0.4 is 0 Å². The maximum atomic E-state index is 11.6. The first-order valence-corrected chi connectivity index (χ1v) is 5.37. The van der Waals surface area contributed by atoms with Crippen LogP contribution >= 0.6 is 0 Å². The lowest BCUT2D eigenvalue weighted by atomic mass is 9.93. The molecule has 1 aromatic rings. The van der Waals surface area contributed by atoms with Crippen molar-refractivity contribution < 1.29 is 9.90 Å². The second kappa shape index (κ2) is 2.99. The average Bonchev–Trinajstić information content (AvgIpc) is 2.60. The third kappa shape index (κ3) is 1.23. The minimum absolute atomic E-state index is 0.266. The molecule has 3 heteroatoms. The fourth-order valence-corrected chi connectivity index (χ4v) is 2.71. The molecule has 3 rings (SSSR count). The van der Waals surface area contributed by atoms with Gasteiger partial charge >= 0.3 is 0 Å². The minimum atomic E-state index is 0.266. The fourth-order valence-electron chi connectivity index (χ4n) is 2.71. The molecule has 1 atom stereocenters. The van der Waals surface area contributed by atoms with Gasteiger partial charge in [0.1, 0.15) is 5.75 Å². The van der Waals surface area contributed by atoms with E-state index >= 15 is 0 Å². The van der Waals surface area contributed by atoms with Gasteiger partial charge in [0.25, 0.3) is 0 Å². The van der Waals surface area contributed by atoms with Gasteiger partial charge in [-0.2, -0.15) is 0 Å². The number of phenols is 1. The molecule has 0 radical (unpaired) electrons. The molecule has 0 saturated carbocycles. The van der Waals surface area contributed by atoms with Crippen LogP contribution in [0, 0.1) is 0 Å². The zero-order chi connectivity index (χ0) is 10.4. The van der Waals surface area contributed by atoms with Gasteiger partial charge in [-0.25, -0.2) is 0 Å². The van der Waals surface area contributed by atoms with Crippen LogP contribution in [-0.2, 0) is 11.2 Å². The molecule has 1 fully saturated rings. The Bertz CT molecular complexity index is 428. The Hall–Kier alpha value is -1.51. The molecule has 78 valence electrons. The summed E-state index contributed by atoms with van der Waals surface area (Å²) < 4.78 is 0. The fraction of sp³-hybridized carbons (Fsp3) is 0.417. The van der Waals surface area contributed by atoms with Crippen LogP contribution in [0.4, 0.5) is 0 Å². The number of carbonyl (C=O) groups is 1. The smallest absolute Gasteiger partial charge is 0.223 e. The van der Waals surface area contributed by atoms with E-state index in [0.717, 1.165) is 19.4 Å². The van der Waals surface area contributed by atoms with Gasteiger partial charge < -0.3 is 10.0 Å². The van der Waals surface area contributed by atoms with Crippen molar-refractivity contribution in [1.82, 2.24) is 4.90 Å². The first-order valence-electron chi connectivity index (χ1n) is 5.37. The maximum Gasteiger partial charge on any atom is 0.223 e. The third-order valence-electron chi connectivity index (χ3n) is 3.44. The van der Waals surface area contributed by atoms with Crippen LogP contribution in [0.15, 0.2) is 18.2 Å². The van der Waals surface area contributed by atoms with Crippen molar-refractivity contribution in [3.63, 3.8) is 0 Å². The molecule has 0 bridgehead atoms. The summed E-state index contributed by atoms with van der Waals surface area (Å²) >= 11 is 0. The van der Waals surface area contributed by atoms with Crippen LogP contribution in [0.25, 0.3) is 0 Å². The van der Waals surface area contributed by atoms with Crippen molar-refractivity contribution in [3.05, 3.63) is 29.3 Å². The lowest BCUT2D eigenvalue weighted by Crippen LogP contribution is -2.33. The van der Waals surface area contributed by atoms with Crippen molar-refractivity contribution in [2.75, 3.05) is 6.54 Å². The van der Waals surface area contributed by atoms with Gasteiger partial charge in [-0.05, 0) is 36.1 Å². The third-order valence-corrected chi connectivity index (χ3v) is 3.44. The van der Waals surface area contributed by atoms with Gasteiger partial charge in [0.05, 0.1) is 6.04 Å². The summed E-state index contributed by atoms with van der Waals surface area (Å²) in [6, 6.07) is 5.77. The summed E-state index contributed by atoms with van der Waals surface area (Å²) in [7, 11) is 0. The second-order valence-electron chi connectivity index (χ2n) is 4.27. The number of carbonyl (C=O) groups excluding carboxylic acids is 1. The number of fused-ring (bicyclic) bond motifs is 3. The van der Waals surface area contributed by atoms with Gasteiger partial charge in [-0.15, -0.1) is 0 Å². The molecule has 0 aromatic heterocycles. The number of phenolic OH excluding ortho intramolecular Hbond substituents is 1. The summed E-state index contributed by atoms with van der Waals surface area (Å²) in [5.74, 6) is 0.602. The van der Waals surface area contributed by atoms with E-state index in [9.17, 15) is 9.90 Å².